The van der Waals surface area contributed by atoms with E-state index in [9.17, 15) is 4.79 Å². The number of hydrogen-bond donors (Lipinski definition) is 0. The molecule has 0 aliphatic rings. The fourth-order valence-electron chi connectivity index (χ4n) is 2.42. The molecule has 0 unspecified atom stereocenters. The Labute approximate surface area is 144 Å². The second kappa shape index (κ2) is 6.34. The largest absolute Gasteiger partial charge is 0.341 e. The fourth-order valence-corrected chi connectivity index (χ4v) is 3.70. The highest BCUT2D eigenvalue weighted by molar-refractivity contribution is 7.20. The number of thiophene rings is 1. The van der Waals surface area contributed by atoms with Crippen LogP contribution in [0, 0.1) is 6.92 Å². The minimum atomic E-state index is 0.0612. The van der Waals surface area contributed by atoms with Crippen molar-refractivity contribution in [1.82, 2.24) is 14.7 Å². The summed E-state index contributed by atoms with van der Waals surface area (Å²) in [5, 5.41) is 6.38. The molecule has 0 aliphatic heterocycles. The van der Waals surface area contributed by atoms with Gasteiger partial charge in [-0.25, -0.2) is 0 Å². The van der Waals surface area contributed by atoms with Crippen LogP contribution in [0.1, 0.15) is 27.9 Å². The molecule has 4 nitrogen and oxygen atoms in total. The number of fused-ring (bicyclic) bond motifs is 1. The Morgan fingerprint density at radius 2 is 2.04 bits per heavy atom. The van der Waals surface area contributed by atoms with Crippen molar-refractivity contribution in [3.8, 4) is 0 Å². The van der Waals surface area contributed by atoms with Gasteiger partial charge in [0.2, 0.25) is 0 Å². The molecule has 0 spiro atoms. The van der Waals surface area contributed by atoms with Crippen molar-refractivity contribution in [2.24, 2.45) is 0 Å². The van der Waals surface area contributed by atoms with Crippen LogP contribution < -0.4 is 0 Å². The zero-order chi connectivity index (χ0) is 16.6. The summed E-state index contributed by atoms with van der Waals surface area (Å²) >= 11 is 7.43. The van der Waals surface area contributed by atoms with Gasteiger partial charge in [-0.15, -0.1) is 11.3 Å². The third kappa shape index (κ3) is 3.12. The number of carbonyl (C=O) groups is 1. The van der Waals surface area contributed by atoms with Crippen molar-refractivity contribution in [2.75, 3.05) is 13.6 Å². The van der Waals surface area contributed by atoms with Crippen LogP contribution in [0.15, 0.2) is 30.3 Å². The average Bonchev–Trinajstić information content (AvgIpc) is 3.10. The van der Waals surface area contributed by atoms with Crippen molar-refractivity contribution in [3.63, 3.8) is 0 Å². The Hall–Kier alpha value is -1.85. The molecule has 2 aromatic heterocycles. The first-order valence-corrected chi connectivity index (χ1v) is 8.66. The maximum absolute atomic E-state index is 12.4. The normalized spacial score (nSPS) is 11.1. The molecule has 1 amide bonds. The summed E-state index contributed by atoms with van der Waals surface area (Å²) < 4.78 is 1.96. The lowest BCUT2D eigenvalue weighted by atomic mass is 10.2. The second-order valence-corrected chi connectivity index (χ2v) is 6.99. The number of amides is 1. The molecule has 0 aliphatic carbocycles. The number of aromatic nitrogens is 2. The van der Waals surface area contributed by atoms with Crippen LogP contribution in [0.4, 0.5) is 0 Å². The summed E-state index contributed by atoms with van der Waals surface area (Å²) in [5.74, 6) is 0.0612. The van der Waals surface area contributed by atoms with Crippen LogP contribution in [0.3, 0.4) is 0 Å². The highest BCUT2D eigenvalue weighted by atomic mass is 35.5. The van der Waals surface area contributed by atoms with Crippen LogP contribution >= 0.6 is 22.9 Å². The summed E-state index contributed by atoms with van der Waals surface area (Å²) in [7, 11) is 1.82. The van der Waals surface area contributed by atoms with E-state index < -0.39 is 0 Å². The van der Waals surface area contributed by atoms with E-state index in [0.29, 0.717) is 13.1 Å². The lowest BCUT2D eigenvalue weighted by molar-refractivity contribution is 0.0807. The maximum Gasteiger partial charge on any atom is 0.263 e. The van der Waals surface area contributed by atoms with E-state index >= 15 is 0 Å². The second-order valence-electron chi connectivity index (χ2n) is 5.52. The molecule has 0 atom stereocenters. The van der Waals surface area contributed by atoms with E-state index in [0.717, 1.165) is 31.4 Å². The first kappa shape index (κ1) is 16.0. The third-order valence-corrected chi connectivity index (χ3v) is 5.27. The summed E-state index contributed by atoms with van der Waals surface area (Å²) in [4.78, 5) is 15.9. The predicted molar refractivity (Wildman–Crippen MR) is 95.5 cm³/mol. The van der Waals surface area contributed by atoms with Crippen molar-refractivity contribution in [3.05, 3.63) is 51.5 Å². The van der Waals surface area contributed by atoms with Gasteiger partial charge in [-0.1, -0.05) is 23.7 Å². The van der Waals surface area contributed by atoms with Crippen LogP contribution in [-0.2, 0) is 6.54 Å². The van der Waals surface area contributed by atoms with Crippen LogP contribution in [0.5, 0.6) is 0 Å². The van der Waals surface area contributed by atoms with Crippen LogP contribution in [0.2, 0.25) is 5.02 Å². The van der Waals surface area contributed by atoms with Crippen LogP contribution in [0.25, 0.3) is 10.2 Å². The summed E-state index contributed by atoms with van der Waals surface area (Å²) in [6.07, 6.45) is 0. The topological polar surface area (TPSA) is 38.1 Å². The van der Waals surface area contributed by atoms with Gasteiger partial charge in [0.25, 0.3) is 5.91 Å². The molecule has 1 aromatic carbocycles. The van der Waals surface area contributed by atoms with Gasteiger partial charge in [0.15, 0.2) is 0 Å². The molecule has 0 fully saturated rings. The zero-order valence-electron chi connectivity index (χ0n) is 13.3. The maximum atomic E-state index is 12.4. The number of halogens is 1. The Bertz CT molecular complexity index is 851. The standard InChI is InChI=1S/C17H18ClN3OS/c1-4-20(3)16(22)15-9-14-11(2)19-21(17(14)23-15)10-12-5-7-13(18)8-6-12/h5-9H,4,10H2,1-3H3. The van der Waals surface area contributed by atoms with Gasteiger partial charge < -0.3 is 4.90 Å². The quantitative estimate of drug-likeness (QED) is 0.709. The molecular weight excluding hydrogens is 330 g/mol. The van der Waals surface area contributed by atoms with Gasteiger partial charge in [0, 0.05) is 24.0 Å². The number of rotatable bonds is 4. The van der Waals surface area contributed by atoms with Gasteiger partial charge >= 0.3 is 0 Å². The van der Waals surface area contributed by atoms with E-state index in [4.69, 9.17) is 11.6 Å². The summed E-state index contributed by atoms with van der Waals surface area (Å²) in [6, 6.07) is 9.70. The molecule has 0 bridgehead atoms. The minimum absolute atomic E-state index is 0.0612. The Morgan fingerprint density at radius 1 is 1.35 bits per heavy atom. The first-order chi connectivity index (χ1) is 11.0. The molecule has 0 saturated carbocycles. The molecule has 2 heterocycles. The smallest absolute Gasteiger partial charge is 0.263 e. The lowest BCUT2D eigenvalue weighted by Crippen LogP contribution is -2.25. The zero-order valence-corrected chi connectivity index (χ0v) is 14.9. The van der Waals surface area contributed by atoms with E-state index in [1.807, 2.05) is 55.9 Å². The number of hydrogen-bond acceptors (Lipinski definition) is 3. The van der Waals surface area contributed by atoms with Crippen LogP contribution in [-0.4, -0.2) is 34.2 Å². The van der Waals surface area contributed by atoms with E-state index in [1.54, 1.807) is 4.90 Å². The highest BCUT2D eigenvalue weighted by Gasteiger charge is 2.18. The number of nitrogens with zero attached hydrogens (tertiary/aromatic N) is 3. The SMILES string of the molecule is CCN(C)C(=O)c1cc2c(C)nn(Cc3ccc(Cl)cc3)c2s1. The minimum Gasteiger partial charge on any atom is -0.341 e. The number of aryl methyl sites for hydroxylation is 1. The molecule has 3 rings (SSSR count). The molecule has 120 valence electrons. The lowest BCUT2D eigenvalue weighted by Gasteiger charge is -2.12. The summed E-state index contributed by atoms with van der Waals surface area (Å²) in [5.41, 5.74) is 2.08. The van der Waals surface area contributed by atoms with Gasteiger partial charge in [0.05, 0.1) is 17.1 Å². The Morgan fingerprint density at radius 3 is 2.70 bits per heavy atom. The number of carbonyl (C=O) groups excluding carboxylic acids is 1. The van der Waals surface area contributed by atoms with Crippen molar-refractivity contribution in [1.29, 1.82) is 0 Å². The average molecular weight is 348 g/mol. The molecule has 0 saturated heterocycles. The van der Waals surface area contributed by atoms with Gasteiger partial charge in [-0.3, -0.25) is 9.48 Å². The third-order valence-electron chi connectivity index (χ3n) is 3.88. The van der Waals surface area contributed by atoms with E-state index in [-0.39, 0.29) is 5.91 Å². The van der Waals surface area contributed by atoms with Crippen molar-refractivity contribution < 1.29 is 4.79 Å². The molecule has 0 radical (unpaired) electrons. The molecule has 0 N–H and O–H groups in total. The van der Waals surface area contributed by atoms with E-state index in [1.165, 1.54) is 11.3 Å². The Kier molecular flexibility index (Phi) is 4.41. The first-order valence-electron chi connectivity index (χ1n) is 7.46. The predicted octanol–water partition coefficient (Wildman–Crippen LogP) is 4.20. The highest BCUT2D eigenvalue weighted by Crippen LogP contribution is 2.29. The van der Waals surface area contributed by atoms with Gasteiger partial charge in [-0.05, 0) is 37.6 Å². The summed E-state index contributed by atoms with van der Waals surface area (Å²) in [6.45, 7) is 5.31. The Balaban J connectivity index is 1.96. The van der Waals surface area contributed by atoms with Gasteiger partial charge in [0.1, 0.15) is 4.83 Å². The fraction of sp³-hybridized carbons (Fsp3) is 0.294. The number of benzene rings is 1. The molecule has 3 aromatic rings. The van der Waals surface area contributed by atoms with Crippen molar-refractivity contribution >= 4 is 39.1 Å². The van der Waals surface area contributed by atoms with E-state index in [2.05, 4.69) is 5.10 Å². The molecular formula is C17H18ClN3OS. The molecule has 23 heavy (non-hydrogen) atoms. The van der Waals surface area contributed by atoms with Crippen molar-refractivity contribution in [2.45, 2.75) is 20.4 Å². The van der Waals surface area contributed by atoms with Gasteiger partial charge in [-0.2, -0.15) is 5.10 Å². The monoisotopic (exact) mass is 347 g/mol. The molecule has 6 heteroatoms.